The van der Waals surface area contributed by atoms with E-state index in [0.717, 1.165) is 13.0 Å². The summed E-state index contributed by atoms with van der Waals surface area (Å²) in [5, 5.41) is 2.71. The fourth-order valence-electron chi connectivity index (χ4n) is 2.60. The third kappa shape index (κ3) is 20.1. The average molecular weight is 515 g/mol. The first kappa shape index (κ1) is 31.9. The minimum atomic E-state index is -0.428. The van der Waals surface area contributed by atoms with E-state index < -0.39 is 5.97 Å². The van der Waals surface area contributed by atoms with Crippen LogP contribution in [-0.4, -0.2) is 104 Å². The molecule has 0 aliphatic carbocycles. The first-order valence-corrected chi connectivity index (χ1v) is 12.5. The van der Waals surface area contributed by atoms with Gasteiger partial charge in [0.1, 0.15) is 6.61 Å². The monoisotopic (exact) mass is 514 g/mol. The molecule has 11 nitrogen and oxygen atoms in total. The molecular weight excluding hydrogens is 472 g/mol. The number of carbonyl (C=O) groups is 2. The molecule has 0 aliphatic rings. The number of ether oxygens (including phenoxy) is 6. The van der Waals surface area contributed by atoms with Gasteiger partial charge in [0.2, 0.25) is 5.91 Å². The van der Waals surface area contributed by atoms with Gasteiger partial charge in [-0.1, -0.05) is 25.1 Å². The van der Waals surface area contributed by atoms with E-state index in [4.69, 9.17) is 33.3 Å². The second-order valence-electron chi connectivity index (χ2n) is 7.47. The largest absolute Gasteiger partial charge is 0.380 e. The summed E-state index contributed by atoms with van der Waals surface area (Å²) < 4.78 is 32.1. The molecule has 11 heteroatoms. The molecule has 0 aromatic heterocycles. The van der Waals surface area contributed by atoms with E-state index >= 15 is 0 Å². The summed E-state index contributed by atoms with van der Waals surface area (Å²) in [6, 6.07) is 8.74. The Hall–Kier alpha value is -2.12. The normalized spacial score (nSPS) is 10.9. The Kier molecular flexibility index (Phi) is 21.8. The maximum Gasteiger partial charge on any atom is 0.356 e. The predicted molar refractivity (Wildman–Crippen MR) is 133 cm³/mol. The maximum absolute atomic E-state index is 11.7. The highest BCUT2D eigenvalue weighted by molar-refractivity contribution is 5.89. The number of carbonyl (C=O) groups excluding carboxylic acids is 2. The Balaban J connectivity index is 1.75. The molecule has 0 bridgehead atoms. The molecule has 0 radical (unpaired) electrons. The van der Waals surface area contributed by atoms with Gasteiger partial charge in [-0.05, 0) is 25.0 Å². The van der Waals surface area contributed by atoms with Crippen LogP contribution in [0.25, 0.3) is 0 Å². The molecule has 36 heavy (non-hydrogen) atoms. The smallest absolute Gasteiger partial charge is 0.356 e. The average Bonchev–Trinajstić information content (AvgIpc) is 2.90. The molecule has 0 aliphatic heterocycles. The molecule has 1 aromatic rings. The summed E-state index contributed by atoms with van der Waals surface area (Å²) in [5.41, 5.74) is 3.10. The Morgan fingerprint density at radius 3 is 1.83 bits per heavy atom. The quantitative estimate of drug-likeness (QED) is 0.146. The standard InChI is InChI=1S/C25H42N2O9/c1-2-11-30-14-15-32-16-17-33-18-19-34-20-21-35-22-24(28)26-10-13-31-12-6-9-27-36-25(29)23-7-4-3-5-8-23/h3-5,7-8,27H,2,6,9-22H2,1H3,(H,26,28). The Labute approximate surface area is 214 Å². The van der Waals surface area contributed by atoms with Gasteiger partial charge in [0, 0.05) is 26.3 Å². The van der Waals surface area contributed by atoms with Crippen molar-refractivity contribution < 1.29 is 42.8 Å². The molecular formula is C25H42N2O9. The molecule has 0 saturated carbocycles. The Morgan fingerprint density at radius 1 is 0.667 bits per heavy atom. The van der Waals surface area contributed by atoms with Crippen LogP contribution in [0, 0.1) is 0 Å². The number of nitrogens with one attached hydrogen (secondary N) is 2. The van der Waals surface area contributed by atoms with Crippen LogP contribution in [0.5, 0.6) is 0 Å². The van der Waals surface area contributed by atoms with Crippen molar-refractivity contribution in [3.63, 3.8) is 0 Å². The van der Waals surface area contributed by atoms with Gasteiger partial charge in [0.25, 0.3) is 0 Å². The second-order valence-corrected chi connectivity index (χ2v) is 7.47. The third-order valence-electron chi connectivity index (χ3n) is 4.38. The van der Waals surface area contributed by atoms with Crippen molar-refractivity contribution in [2.75, 3.05) is 92.4 Å². The fourth-order valence-corrected chi connectivity index (χ4v) is 2.60. The summed E-state index contributed by atoms with van der Waals surface area (Å²) in [6.45, 7) is 8.39. The lowest BCUT2D eigenvalue weighted by Crippen LogP contribution is -2.31. The highest BCUT2D eigenvalue weighted by Gasteiger charge is 2.05. The van der Waals surface area contributed by atoms with Crippen LogP contribution in [0.3, 0.4) is 0 Å². The van der Waals surface area contributed by atoms with E-state index in [-0.39, 0.29) is 12.5 Å². The predicted octanol–water partition coefficient (Wildman–Crippen LogP) is 1.36. The minimum Gasteiger partial charge on any atom is -0.380 e. The van der Waals surface area contributed by atoms with Crippen LogP contribution in [-0.2, 0) is 38.1 Å². The van der Waals surface area contributed by atoms with Crippen molar-refractivity contribution in [3.05, 3.63) is 35.9 Å². The van der Waals surface area contributed by atoms with E-state index in [1.165, 1.54) is 0 Å². The van der Waals surface area contributed by atoms with Gasteiger partial charge in [-0.15, -0.1) is 0 Å². The van der Waals surface area contributed by atoms with Crippen LogP contribution in [0.4, 0.5) is 0 Å². The Bertz CT molecular complexity index is 650. The lowest BCUT2D eigenvalue weighted by molar-refractivity contribution is -0.126. The summed E-state index contributed by atoms with van der Waals surface area (Å²) in [4.78, 5) is 28.4. The van der Waals surface area contributed by atoms with Crippen LogP contribution in [0.2, 0.25) is 0 Å². The maximum atomic E-state index is 11.7. The molecule has 1 rings (SSSR count). The third-order valence-corrected chi connectivity index (χ3v) is 4.38. The van der Waals surface area contributed by atoms with Gasteiger partial charge in [0.05, 0.1) is 65.0 Å². The topological polar surface area (TPSA) is 123 Å². The van der Waals surface area contributed by atoms with Crippen LogP contribution < -0.4 is 10.8 Å². The molecule has 0 fully saturated rings. The van der Waals surface area contributed by atoms with Gasteiger partial charge in [0.15, 0.2) is 0 Å². The Morgan fingerprint density at radius 2 is 1.22 bits per heavy atom. The summed E-state index contributed by atoms with van der Waals surface area (Å²) >= 11 is 0. The lowest BCUT2D eigenvalue weighted by atomic mass is 10.2. The van der Waals surface area contributed by atoms with Gasteiger partial charge in [-0.2, -0.15) is 5.48 Å². The van der Waals surface area contributed by atoms with Gasteiger partial charge in [-0.3, -0.25) is 4.79 Å². The molecule has 2 N–H and O–H groups in total. The zero-order valence-corrected chi connectivity index (χ0v) is 21.4. The first-order chi connectivity index (χ1) is 17.7. The van der Waals surface area contributed by atoms with E-state index in [9.17, 15) is 9.59 Å². The molecule has 206 valence electrons. The molecule has 0 unspecified atom stereocenters. The van der Waals surface area contributed by atoms with Crippen molar-refractivity contribution in [3.8, 4) is 0 Å². The summed E-state index contributed by atoms with van der Waals surface area (Å²) in [5.74, 6) is -0.639. The summed E-state index contributed by atoms with van der Waals surface area (Å²) in [6.07, 6.45) is 1.67. The van der Waals surface area contributed by atoms with E-state index in [0.29, 0.717) is 91.1 Å². The fraction of sp³-hybridized carbons (Fsp3) is 0.680. The first-order valence-electron chi connectivity index (χ1n) is 12.5. The lowest BCUT2D eigenvalue weighted by Gasteiger charge is -2.09. The molecule has 1 amide bonds. The SMILES string of the molecule is CCCOCCOCCOCCOCCOCC(=O)NCCOCCCNOC(=O)c1ccccc1. The molecule has 0 spiro atoms. The van der Waals surface area contributed by atoms with Crippen LogP contribution in [0.1, 0.15) is 30.1 Å². The molecule has 1 aromatic carbocycles. The number of amides is 1. The van der Waals surface area contributed by atoms with E-state index in [2.05, 4.69) is 17.7 Å². The van der Waals surface area contributed by atoms with Crippen molar-refractivity contribution in [2.24, 2.45) is 0 Å². The number of rotatable bonds is 25. The van der Waals surface area contributed by atoms with Gasteiger partial charge >= 0.3 is 5.97 Å². The highest BCUT2D eigenvalue weighted by atomic mass is 16.7. The van der Waals surface area contributed by atoms with Crippen molar-refractivity contribution in [2.45, 2.75) is 19.8 Å². The van der Waals surface area contributed by atoms with Crippen molar-refractivity contribution in [1.82, 2.24) is 10.8 Å². The molecule has 0 atom stereocenters. The number of hydrogen-bond donors (Lipinski definition) is 2. The van der Waals surface area contributed by atoms with Crippen LogP contribution >= 0.6 is 0 Å². The van der Waals surface area contributed by atoms with Gasteiger partial charge in [-0.25, -0.2) is 4.79 Å². The minimum absolute atomic E-state index is 0.0319. The van der Waals surface area contributed by atoms with Crippen LogP contribution in [0.15, 0.2) is 30.3 Å². The van der Waals surface area contributed by atoms with E-state index in [1.807, 2.05) is 6.07 Å². The summed E-state index contributed by atoms with van der Waals surface area (Å²) in [7, 11) is 0. The zero-order chi connectivity index (χ0) is 25.9. The van der Waals surface area contributed by atoms with E-state index in [1.54, 1.807) is 24.3 Å². The highest BCUT2D eigenvalue weighted by Crippen LogP contribution is 1.99. The number of benzene rings is 1. The van der Waals surface area contributed by atoms with Crippen molar-refractivity contribution >= 4 is 11.9 Å². The van der Waals surface area contributed by atoms with Crippen molar-refractivity contribution in [1.29, 1.82) is 0 Å². The zero-order valence-electron chi connectivity index (χ0n) is 21.4. The molecule has 0 heterocycles. The number of hydroxylamine groups is 1. The second kappa shape index (κ2) is 24.6. The number of hydrogen-bond acceptors (Lipinski definition) is 10. The van der Waals surface area contributed by atoms with Gasteiger partial charge < -0.3 is 38.6 Å². The molecule has 0 saturated heterocycles.